The summed E-state index contributed by atoms with van der Waals surface area (Å²) in [7, 11) is 0. The quantitative estimate of drug-likeness (QED) is 0.0432. The van der Waals surface area contributed by atoms with Gasteiger partial charge in [0.05, 0.1) is 0 Å². The summed E-state index contributed by atoms with van der Waals surface area (Å²) in [5.74, 6) is 0. The molecule has 0 atom stereocenters. The fraction of sp³-hybridized carbons (Fsp3) is 0.538. The summed E-state index contributed by atoms with van der Waals surface area (Å²) in [6, 6.07) is 31.9. The Labute approximate surface area is 332 Å². The zero-order valence-corrected chi connectivity index (χ0v) is 34.6. The molecular weight excluding hydrogens is 653 g/mol. The maximum Gasteiger partial charge on any atom is 0.0346 e. The van der Waals surface area contributed by atoms with Crippen molar-refractivity contribution in [3.8, 4) is 0 Å². The minimum absolute atomic E-state index is 0.943. The van der Waals surface area contributed by atoms with Gasteiger partial charge in [0.1, 0.15) is 0 Å². The predicted octanol–water partition coefficient (Wildman–Crippen LogP) is 14.7. The molecule has 2 nitrogen and oxygen atoms in total. The molecule has 0 heterocycles. The fourth-order valence-electron chi connectivity index (χ4n) is 7.96. The van der Waals surface area contributed by atoms with Crippen LogP contribution in [-0.2, 0) is 38.5 Å². The van der Waals surface area contributed by atoms with Gasteiger partial charge in [-0.25, -0.2) is 0 Å². The molecule has 0 saturated carbocycles. The minimum atomic E-state index is 0.943. The van der Waals surface area contributed by atoms with Gasteiger partial charge in [0.2, 0.25) is 0 Å². The Bertz CT molecular complexity index is 1430. The number of rotatable bonds is 29. The van der Waals surface area contributed by atoms with Crippen LogP contribution in [0.15, 0.2) is 84.9 Å². The van der Waals surface area contributed by atoms with E-state index in [0.29, 0.717) is 0 Å². The summed E-state index contributed by atoms with van der Waals surface area (Å²) in [6.07, 6.45) is 33.9. The Hall–Kier alpha value is -3.52. The van der Waals surface area contributed by atoms with E-state index >= 15 is 0 Å². The van der Waals surface area contributed by atoms with Crippen LogP contribution in [0.4, 0.5) is 11.4 Å². The monoisotopic (exact) mass is 729 g/mol. The molecule has 0 aliphatic heterocycles. The maximum atomic E-state index is 6.21. The molecule has 54 heavy (non-hydrogen) atoms. The highest BCUT2D eigenvalue weighted by atomic mass is 14.6. The number of hydrogen-bond donors (Lipinski definition) is 2. The van der Waals surface area contributed by atoms with Gasteiger partial charge in [-0.3, -0.25) is 0 Å². The Kier molecular flexibility index (Phi) is 21.1. The normalized spacial score (nSPS) is 11.4. The van der Waals surface area contributed by atoms with E-state index in [2.05, 4.69) is 98.8 Å². The first-order chi connectivity index (χ1) is 26.5. The third-order valence-corrected chi connectivity index (χ3v) is 11.6. The molecule has 0 spiro atoms. The standard InChI is InChI=1S/C52H76N2/c1-3-5-25-49-41-47(35-37-51(49)53)39-45-31-27-43(28-32-45)23-21-19-17-15-13-11-9-7-8-10-12-14-16-18-20-22-24-44-29-33-46(34-30-44)40-48-36-38-52(54)50(42-48)26-6-4-2/h27-38,41-42H,3-26,39-40,53-54H2,1-2H3. The van der Waals surface area contributed by atoms with Crippen LogP contribution in [0.25, 0.3) is 0 Å². The van der Waals surface area contributed by atoms with Gasteiger partial charge in [-0.05, 0) is 121 Å². The van der Waals surface area contributed by atoms with Crippen molar-refractivity contribution >= 4 is 11.4 Å². The highest BCUT2D eigenvalue weighted by Crippen LogP contribution is 2.22. The number of hydrogen-bond acceptors (Lipinski definition) is 2. The second-order valence-electron chi connectivity index (χ2n) is 16.4. The van der Waals surface area contributed by atoms with Crippen LogP contribution >= 0.6 is 0 Å². The second-order valence-corrected chi connectivity index (χ2v) is 16.4. The first-order valence-electron chi connectivity index (χ1n) is 22.4. The first kappa shape index (κ1) is 43.2. The van der Waals surface area contributed by atoms with Crippen molar-refractivity contribution in [2.75, 3.05) is 11.5 Å². The molecule has 0 aliphatic carbocycles. The van der Waals surface area contributed by atoms with Crippen molar-refractivity contribution in [2.24, 2.45) is 0 Å². The lowest BCUT2D eigenvalue weighted by Crippen LogP contribution is -1.97. The van der Waals surface area contributed by atoms with Gasteiger partial charge in [0.25, 0.3) is 0 Å². The number of nitrogens with two attached hydrogens (primary N) is 2. The van der Waals surface area contributed by atoms with Crippen LogP contribution in [0.5, 0.6) is 0 Å². The third-order valence-electron chi connectivity index (χ3n) is 11.6. The van der Waals surface area contributed by atoms with Crippen LogP contribution in [-0.4, -0.2) is 0 Å². The van der Waals surface area contributed by atoms with Crippen molar-refractivity contribution in [2.45, 2.75) is 181 Å². The average Bonchev–Trinajstić information content (AvgIpc) is 3.19. The lowest BCUT2D eigenvalue weighted by Gasteiger charge is -2.09. The van der Waals surface area contributed by atoms with Gasteiger partial charge in [-0.2, -0.15) is 0 Å². The first-order valence-corrected chi connectivity index (χ1v) is 22.4. The van der Waals surface area contributed by atoms with Crippen molar-refractivity contribution < 1.29 is 0 Å². The van der Waals surface area contributed by atoms with E-state index in [-0.39, 0.29) is 0 Å². The van der Waals surface area contributed by atoms with E-state index in [0.717, 1.165) is 37.1 Å². The molecule has 4 N–H and O–H groups in total. The van der Waals surface area contributed by atoms with E-state index in [1.807, 2.05) is 0 Å². The van der Waals surface area contributed by atoms with Crippen molar-refractivity contribution in [1.82, 2.24) is 0 Å². The summed E-state index contributed by atoms with van der Waals surface area (Å²) < 4.78 is 0. The molecule has 0 aliphatic rings. The van der Waals surface area contributed by atoms with Crippen LogP contribution < -0.4 is 11.5 Å². The summed E-state index contributed by atoms with van der Waals surface area (Å²) in [5, 5.41) is 0. The van der Waals surface area contributed by atoms with Crippen LogP contribution in [0.3, 0.4) is 0 Å². The smallest absolute Gasteiger partial charge is 0.0346 e. The number of unbranched alkanes of at least 4 members (excludes halogenated alkanes) is 17. The van der Waals surface area contributed by atoms with Crippen LogP contribution in [0, 0.1) is 0 Å². The highest BCUT2D eigenvalue weighted by Gasteiger charge is 2.05. The zero-order valence-electron chi connectivity index (χ0n) is 34.6. The van der Waals surface area contributed by atoms with Gasteiger partial charge in [-0.15, -0.1) is 0 Å². The van der Waals surface area contributed by atoms with E-state index in [4.69, 9.17) is 11.5 Å². The predicted molar refractivity (Wildman–Crippen MR) is 239 cm³/mol. The Morgan fingerprint density at radius 1 is 0.296 bits per heavy atom. The second kappa shape index (κ2) is 26.3. The van der Waals surface area contributed by atoms with E-state index in [1.165, 1.54) is 186 Å². The molecule has 4 aromatic rings. The zero-order chi connectivity index (χ0) is 38.1. The molecule has 2 heteroatoms. The summed E-state index contributed by atoms with van der Waals surface area (Å²) in [5.41, 5.74) is 25.4. The molecule has 0 amide bonds. The largest absolute Gasteiger partial charge is 0.399 e. The number of anilines is 2. The van der Waals surface area contributed by atoms with Gasteiger partial charge in [0, 0.05) is 11.4 Å². The van der Waals surface area contributed by atoms with Gasteiger partial charge in [0.15, 0.2) is 0 Å². The minimum Gasteiger partial charge on any atom is -0.399 e. The topological polar surface area (TPSA) is 52.0 Å². The summed E-state index contributed by atoms with van der Waals surface area (Å²) >= 11 is 0. The van der Waals surface area contributed by atoms with E-state index in [9.17, 15) is 0 Å². The third kappa shape index (κ3) is 17.3. The molecule has 0 aromatic heterocycles. The SMILES string of the molecule is CCCCc1cc(Cc2ccc(CCCCCCCCCCCCCCCCCCc3ccc(Cc4ccc(N)c(CCCC)c4)cc3)cc2)ccc1N. The molecular formula is C52H76N2. The van der Waals surface area contributed by atoms with Crippen molar-refractivity contribution in [1.29, 1.82) is 0 Å². The van der Waals surface area contributed by atoms with Crippen molar-refractivity contribution in [3.63, 3.8) is 0 Å². The molecule has 4 rings (SSSR count). The molecule has 294 valence electrons. The Balaban J connectivity index is 0.908. The molecule has 0 saturated heterocycles. The number of aryl methyl sites for hydroxylation is 4. The number of benzene rings is 4. The molecule has 0 radical (unpaired) electrons. The van der Waals surface area contributed by atoms with E-state index < -0.39 is 0 Å². The molecule has 0 unspecified atom stereocenters. The highest BCUT2D eigenvalue weighted by molar-refractivity contribution is 5.50. The molecule has 0 bridgehead atoms. The van der Waals surface area contributed by atoms with Crippen molar-refractivity contribution in [3.05, 3.63) is 129 Å². The maximum absolute atomic E-state index is 6.21. The van der Waals surface area contributed by atoms with Crippen LogP contribution in [0.2, 0.25) is 0 Å². The lowest BCUT2D eigenvalue weighted by molar-refractivity contribution is 0.528. The summed E-state index contributed by atoms with van der Waals surface area (Å²) in [6.45, 7) is 4.48. The Morgan fingerprint density at radius 3 is 0.889 bits per heavy atom. The van der Waals surface area contributed by atoms with Gasteiger partial charge < -0.3 is 11.5 Å². The van der Waals surface area contributed by atoms with Gasteiger partial charge in [-0.1, -0.05) is 189 Å². The summed E-state index contributed by atoms with van der Waals surface area (Å²) in [4.78, 5) is 0. The number of nitrogen functional groups attached to an aromatic ring is 2. The van der Waals surface area contributed by atoms with Gasteiger partial charge >= 0.3 is 0 Å². The average molecular weight is 729 g/mol. The van der Waals surface area contributed by atoms with E-state index in [1.54, 1.807) is 0 Å². The molecule has 4 aromatic carbocycles. The Morgan fingerprint density at radius 2 is 0.574 bits per heavy atom. The fourth-order valence-corrected chi connectivity index (χ4v) is 7.96. The molecule has 0 fully saturated rings. The lowest BCUT2D eigenvalue weighted by atomic mass is 9.97. The van der Waals surface area contributed by atoms with Crippen LogP contribution in [0.1, 0.15) is 187 Å².